The van der Waals surface area contributed by atoms with Crippen molar-refractivity contribution in [2.75, 3.05) is 18.4 Å². The van der Waals surface area contributed by atoms with E-state index < -0.39 is 17.6 Å². The Morgan fingerprint density at radius 2 is 1.52 bits per heavy atom. The Kier molecular flexibility index (Phi) is 28.3. The molecule has 0 saturated carbocycles. The molecule has 6 nitrogen and oxygen atoms in total. The molecule has 0 spiro atoms. The van der Waals surface area contributed by atoms with Gasteiger partial charge in [0.05, 0.1) is 17.8 Å². The van der Waals surface area contributed by atoms with Crippen molar-refractivity contribution in [2.24, 2.45) is 5.92 Å². The molecule has 1 aliphatic rings. The molecule has 0 aliphatic carbocycles. The van der Waals surface area contributed by atoms with Crippen LogP contribution in [-0.4, -0.2) is 46.2 Å². The van der Waals surface area contributed by atoms with Crippen LogP contribution in [0.2, 0.25) is 5.02 Å². The van der Waals surface area contributed by atoms with Gasteiger partial charge in [-0.3, -0.25) is 20.0 Å². The van der Waals surface area contributed by atoms with Crippen molar-refractivity contribution in [2.45, 2.75) is 139 Å². The molecule has 0 radical (unpaired) electrons. The number of morpholine rings is 1. The number of alkyl halides is 3. The maximum Gasteiger partial charge on any atom is 2.00 e. The summed E-state index contributed by atoms with van der Waals surface area (Å²) < 4.78 is 45.3. The molecule has 1 unspecified atom stereocenters. The normalized spacial score (nSPS) is 15.4. The second kappa shape index (κ2) is 28.0. The molecule has 1 fully saturated rings. The van der Waals surface area contributed by atoms with E-state index in [1.807, 2.05) is 20.8 Å². The first-order chi connectivity index (χ1) is 23.9. The van der Waals surface area contributed by atoms with Gasteiger partial charge in [-0.1, -0.05) is 112 Å². The monoisotopic (exact) mass is 995 g/mol. The molecule has 1 saturated heterocycles. The molecule has 4 rings (SSSR count). The first kappa shape index (κ1) is 52.6. The fraction of sp³-hybridized carbons (Fsp3) is 0.600. The van der Waals surface area contributed by atoms with Crippen LogP contribution in [0.15, 0.2) is 24.3 Å². The summed E-state index contributed by atoms with van der Waals surface area (Å²) in [5, 5.41) is 13.7. The number of amides is 1. The molecule has 2 N–H and O–H groups in total. The quantitative estimate of drug-likeness (QED) is 0.174. The molecular weight excluding hydrogens is 933 g/mol. The minimum atomic E-state index is -4.52. The Balaban J connectivity index is 0. The number of halogens is 4. The van der Waals surface area contributed by atoms with Gasteiger partial charge < -0.3 is 16.8 Å². The fourth-order valence-electron chi connectivity index (χ4n) is 4.58. The Hall–Kier alpha value is -1.48. The predicted octanol–water partition coefficient (Wildman–Crippen LogP) is 13.0. The SMILES string of the molecule is CC(C)C.CCCC.CCCCCC.[CH2-]CC.[CH2-]c1cc(C(F)(F)F)cc2sc(NC(=O)c3cc(Cl)cc(CN4CC(C)O[C@@H](C)C4)c3O)nc12.[U+2]. The van der Waals surface area contributed by atoms with E-state index in [0.29, 0.717) is 25.2 Å². The van der Waals surface area contributed by atoms with Crippen molar-refractivity contribution in [3.8, 4) is 5.75 Å². The number of aromatic hydroxyl groups is 1. The third kappa shape index (κ3) is 20.8. The number of rotatable bonds is 8. The van der Waals surface area contributed by atoms with Gasteiger partial charge in [-0.2, -0.15) is 32.1 Å². The minimum Gasteiger partial charge on any atom is -0.507 e. The number of anilines is 1. The number of carbonyl (C=O) groups excluding carboxylic acids is 1. The molecule has 2 atom stereocenters. The van der Waals surface area contributed by atoms with Gasteiger partial charge in [0.1, 0.15) is 5.75 Å². The number of hydrogen-bond acceptors (Lipinski definition) is 6. The summed E-state index contributed by atoms with van der Waals surface area (Å²) in [6.07, 6.45) is 4.72. The van der Waals surface area contributed by atoms with Crippen molar-refractivity contribution < 1.29 is 58.9 Å². The number of nitrogens with one attached hydrogen (secondary N) is 1. The number of carbonyl (C=O) groups is 1. The van der Waals surface area contributed by atoms with Gasteiger partial charge in [-0.15, -0.1) is 17.4 Å². The summed E-state index contributed by atoms with van der Waals surface area (Å²) in [6, 6.07) is 4.82. The molecule has 1 amide bonds. The number of fused-ring (bicyclic) bond motifs is 1. The van der Waals surface area contributed by atoms with Crippen LogP contribution in [0.4, 0.5) is 18.3 Å². The minimum absolute atomic E-state index is 0. The smallest absolute Gasteiger partial charge is 0.507 e. The summed E-state index contributed by atoms with van der Waals surface area (Å²) in [5.41, 5.74) is -0.0428. The Morgan fingerprint density at radius 3 is 1.96 bits per heavy atom. The van der Waals surface area contributed by atoms with E-state index in [1.165, 1.54) is 44.6 Å². The zero-order chi connectivity index (χ0) is 39.3. The topological polar surface area (TPSA) is 74.7 Å². The number of phenolic OH excluding ortho intramolecular Hbond substituents is 1. The summed E-state index contributed by atoms with van der Waals surface area (Å²) in [7, 11) is 0. The van der Waals surface area contributed by atoms with Gasteiger partial charge in [0, 0.05) is 40.5 Å². The van der Waals surface area contributed by atoms with Gasteiger partial charge in [-0.25, -0.2) is 0 Å². The van der Waals surface area contributed by atoms with Crippen molar-refractivity contribution in [3.63, 3.8) is 0 Å². The van der Waals surface area contributed by atoms with Crippen LogP contribution in [0.5, 0.6) is 5.75 Å². The van der Waals surface area contributed by atoms with Crippen molar-refractivity contribution in [3.05, 3.63) is 65.4 Å². The van der Waals surface area contributed by atoms with Crippen LogP contribution in [0.25, 0.3) is 10.2 Å². The summed E-state index contributed by atoms with van der Waals surface area (Å²) in [6.45, 7) is 30.1. The molecule has 1 aromatic heterocycles. The van der Waals surface area contributed by atoms with Crippen LogP contribution >= 0.6 is 22.9 Å². The number of thiazole rings is 1. The first-order valence-electron chi connectivity index (χ1n) is 18.2. The van der Waals surface area contributed by atoms with Crippen molar-refractivity contribution in [1.29, 1.82) is 0 Å². The van der Waals surface area contributed by atoms with Crippen LogP contribution in [0.1, 0.15) is 141 Å². The van der Waals surface area contributed by atoms with Gasteiger partial charge in [0.2, 0.25) is 0 Å². The Bertz CT molecular complexity index is 1400. The Morgan fingerprint density at radius 1 is 1.02 bits per heavy atom. The van der Waals surface area contributed by atoms with Gasteiger partial charge in [-0.05, 0) is 37.4 Å². The third-order valence-electron chi connectivity index (χ3n) is 6.87. The third-order valence-corrected chi connectivity index (χ3v) is 8.00. The van der Waals surface area contributed by atoms with Gasteiger partial charge >= 0.3 is 37.3 Å². The molecule has 0 bridgehead atoms. The second-order valence-corrected chi connectivity index (χ2v) is 14.8. The number of aromatic nitrogens is 1. The molecule has 1 aliphatic heterocycles. The van der Waals surface area contributed by atoms with E-state index in [2.05, 4.69) is 77.5 Å². The maximum absolute atomic E-state index is 13.1. The predicted molar refractivity (Wildman–Crippen MR) is 212 cm³/mol. The average Bonchev–Trinajstić information content (AvgIpc) is 3.44. The number of ether oxygens (including phenoxy) is 1. The van der Waals surface area contributed by atoms with E-state index in [1.54, 1.807) is 6.07 Å². The number of phenols is 1. The first-order valence-corrected chi connectivity index (χ1v) is 19.4. The standard InChI is InChI=1S/C23H22ClF3N3O3S.C6H14.2C4H10.C3H7.U/c1-11-4-15(23(25,26)27)6-18-19(11)28-22(34-18)29-21(32)17-7-16(24)5-14(20(17)31)10-30-8-12(2)33-13(3)9-30;1-3-5-6-4-2;1-4(2)3;1-3-4-2;1-3-2;/h4-7,12-13,31H,1,8-10H2,2-3H3,(H,28,29,32);3-6H2,1-2H3;4H,1-3H3;3-4H2,1-2H3;1,3H2,2H3;/q-1;;;;-1;+2/t12-,13?;;;;;/m0...../s1. The summed E-state index contributed by atoms with van der Waals surface area (Å²) >= 11 is 7.12. The van der Waals surface area contributed by atoms with E-state index in [9.17, 15) is 23.1 Å². The second-order valence-electron chi connectivity index (χ2n) is 13.3. The number of unbranched alkanes of at least 4 members (excludes halogenated alkanes) is 4. The van der Waals surface area contributed by atoms with Crippen LogP contribution in [0.3, 0.4) is 0 Å². The maximum atomic E-state index is 13.1. The molecule has 2 heterocycles. The number of hydrogen-bond donors (Lipinski definition) is 2. The van der Waals surface area contributed by atoms with E-state index in [-0.39, 0.29) is 80.6 Å². The zero-order valence-corrected chi connectivity index (χ0v) is 38.8. The Labute approximate surface area is 345 Å². The molecule has 12 heteroatoms. The molecule has 52 heavy (non-hydrogen) atoms. The van der Waals surface area contributed by atoms with E-state index in [0.717, 1.165) is 35.8 Å². The summed E-state index contributed by atoms with van der Waals surface area (Å²) in [5.74, 6) is -0.0577. The van der Waals surface area contributed by atoms with E-state index in [4.69, 9.17) is 16.3 Å². The van der Waals surface area contributed by atoms with Crippen LogP contribution in [-0.2, 0) is 17.5 Å². The largest absolute Gasteiger partial charge is 2.00 e. The molecule has 3 aromatic rings. The van der Waals surface area contributed by atoms with Gasteiger partial charge in [0.15, 0.2) is 5.13 Å². The number of nitrogens with zero attached hydrogens (tertiary/aromatic N) is 2. The number of benzene rings is 2. The average molecular weight is 997 g/mol. The van der Waals surface area contributed by atoms with Crippen LogP contribution in [0, 0.1) is 50.9 Å². The molecule has 294 valence electrons. The van der Waals surface area contributed by atoms with Gasteiger partial charge in [0.25, 0.3) is 5.91 Å². The van der Waals surface area contributed by atoms with E-state index >= 15 is 0 Å². The van der Waals surface area contributed by atoms with Crippen molar-refractivity contribution in [1.82, 2.24) is 9.88 Å². The fourth-order valence-corrected chi connectivity index (χ4v) is 5.77. The zero-order valence-electron chi connectivity index (χ0n) is 33.1. The van der Waals surface area contributed by atoms with Crippen molar-refractivity contribution >= 4 is 44.2 Å². The molecule has 2 aromatic carbocycles. The van der Waals surface area contributed by atoms with Crippen LogP contribution < -0.4 is 5.32 Å². The molecular formula is C40H63ClF3N3O3SU. The summed E-state index contributed by atoms with van der Waals surface area (Å²) in [4.78, 5) is 19.2.